The number of hydrogen-bond acceptors (Lipinski definition) is 5. The smallest absolute Gasteiger partial charge is 0.343 e. The molecule has 0 aliphatic carbocycles. The van der Waals surface area contributed by atoms with Crippen LogP contribution in [0, 0.1) is 13.8 Å². The lowest BCUT2D eigenvalue weighted by atomic mass is 10.1. The van der Waals surface area contributed by atoms with E-state index in [4.69, 9.17) is 14.2 Å². The van der Waals surface area contributed by atoms with Crippen LogP contribution in [0.5, 0.6) is 17.2 Å². The summed E-state index contributed by atoms with van der Waals surface area (Å²) < 4.78 is 16.9. The van der Waals surface area contributed by atoms with Crippen LogP contribution in [0.3, 0.4) is 0 Å². The Balaban J connectivity index is 1.58. The molecule has 3 aromatic rings. The third-order valence-electron chi connectivity index (χ3n) is 5.09. The van der Waals surface area contributed by atoms with Crippen LogP contribution in [0.2, 0.25) is 0 Å². The zero-order valence-corrected chi connectivity index (χ0v) is 17.6. The Morgan fingerprint density at radius 1 is 1.00 bits per heavy atom. The van der Waals surface area contributed by atoms with Crippen molar-refractivity contribution in [2.75, 3.05) is 6.61 Å². The number of allylic oxidation sites excluding steroid dienone is 1. The van der Waals surface area contributed by atoms with Gasteiger partial charge in [0.05, 0.1) is 17.7 Å². The van der Waals surface area contributed by atoms with Gasteiger partial charge in [0.15, 0.2) is 5.76 Å². The van der Waals surface area contributed by atoms with Gasteiger partial charge in [-0.15, -0.1) is 0 Å². The molecule has 5 heteroatoms. The maximum Gasteiger partial charge on any atom is 0.343 e. The van der Waals surface area contributed by atoms with E-state index in [0.29, 0.717) is 34.8 Å². The average Bonchev–Trinajstić information content (AvgIpc) is 3.08. The summed E-state index contributed by atoms with van der Waals surface area (Å²) in [5.41, 5.74) is 3.20. The molecule has 0 radical (unpaired) electrons. The summed E-state index contributed by atoms with van der Waals surface area (Å²) in [6, 6.07) is 17.9. The number of ketones is 1. The molecule has 4 rings (SSSR count). The molecule has 0 unspecified atom stereocenters. The molecule has 0 spiro atoms. The van der Waals surface area contributed by atoms with Crippen LogP contribution in [-0.2, 0) is 0 Å². The van der Waals surface area contributed by atoms with Crippen molar-refractivity contribution in [3.63, 3.8) is 0 Å². The monoisotopic (exact) mass is 414 g/mol. The first-order chi connectivity index (χ1) is 15.0. The number of benzene rings is 3. The molecule has 0 bridgehead atoms. The van der Waals surface area contributed by atoms with Crippen LogP contribution in [0.1, 0.15) is 44.3 Å². The Hall–Kier alpha value is -3.86. The largest absolute Gasteiger partial charge is 0.494 e. The van der Waals surface area contributed by atoms with Crippen LogP contribution >= 0.6 is 0 Å². The lowest BCUT2D eigenvalue weighted by Crippen LogP contribution is -2.11. The van der Waals surface area contributed by atoms with E-state index in [9.17, 15) is 9.59 Å². The number of esters is 1. The molecule has 0 N–H and O–H groups in total. The Morgan fingerprint density at radius 3 is 2.45 bits per heavy atom. The summed E-state index contributed by atoms with van der Waals surface area (Å²) in [4.78, 5) is 25.4. The van der Waals surface area contributed by atoms with Gasteiger partial charge in [-0.1, -0.05) is 30.3 Å². The van der Waals surface area contributed by atoms with Crippen molar-refractivity contribution in [3.05, 3.63) is 94.2 Å². The van der Waals surface area contributed by atoms with Crippen LogP contribution in [0.4, 0.5) is 0 Å². The number of carbonyl (C=O) groups is 2. The van der Waals surface area contributed by atoms with E-state index in [2.05, 4.69) is 0 Å². The topological polar surface area (TPSA) is 61.8 Å². The summed E-state index contributed by atoms with van der Waals surface area (Å²) in [6.07, 6.45) is 1.69. The van der Waals surface area contributed by atoms with E-state index in [1.54, 1.807) is 37.3 Å². The molecule has 1 aliphatic heterocycles. The van der Waals surface area contributed by atoms with Crippen LogP contribution in [0.25, 0.3) is 6.08 Å². The van der Waals surface area contributed by atoms with Crippen molar-refractivity contribution in [2.24, 2.45) is 0 Å². The zero-order valence-electron chi connectivity index (χ0n) is 17.6. The van der Waals surface area contributed by atoms with Gasteiger partial charge < -0.3 is 14.2 Å². The van der Waals surface area contributed by atoms with Crippen LogP contribution in [-0.4, -0.2) is 18.4 Å². The number of ether oxygens (including phenoxy) is 3. The Kier molecular flexibility index (Phi) is 5.58. The quantitative estimate of drug-likeness (QED) is 0.312. The van der Waals surface area contributed by atoms with Gasteiger partial charge in [-0.3, -0.25) is 4.79 Å². The fourth-order valence-electron chi connectivity index (χ4n) is 3.41. The Bertz CT molecular complexity index is 1190. The van der Waals surface area contributed by atoms with Gasteiger partial charge in [0.25, 0.3) is 0 Å². The fourth-order valence-corrected chi connectivity index (χ4v) is 3.41. The summed E-state index contributed by atoms with van der Waals surface area (Å²) in [5, 5.41) is 0. The summed E-state index contributed by atoms with van der Waals surface area (Å²) >= 11 is 0. The second-order valence-corrected chi connectivity index (χ2v) is 7.21. The first-order valence-corrected chi connectivity index (χ1v) is 10.1. The van der Waals surface area contributed by atoms with E-state index in [1.165, 1.54) is 0 Å². The number of carbonyl (C=O) groups excluding carboxylic acids is 2. The van der Waals surface area contributed by atoms with Crippen LogP contribution < -0.4 is 14.2 Å². The maximum absolute atomic E-state index is 12.8. The minimum Gasteiger partial charge on any atom is -0.494 e. The molecule has 1 aliphatic rings. The first-order valence-electron chi connectivity index (χ1n) is 10.1. The van der Waals surface area contributed by atoms with Gasteiger partial charge in [-0.25, -0.2) is 4.79 Å². The van der Waals surface area contributed by atoms with E-state index in [-0.39, 0.29) is 11.5 Å². The zero-order chi connectivity index (χ0) is 22.0. The molecule has 0 amide bonds. The summed E-state index contributed by atoms with van der Waals surface area (Å²) in [5.74, 6) is 1.12. The van der Waals surface area contributed by atoms with Crippen molar-refractivity contribution in [3.8, 4) is 17.2 Å². The molecule has 156 valence electrons. The highest BCUT2D eigenvalue weighted by molar-refractivity contribution is 6.15. The Morgan fingerprint density at radius 2 is 1.74 bits per heavy atom. The number of Topliss-reactive ketones (excluding diaryl/α,β-unsaturated/α-hetero) is 1. The molecule has 1 heterocycles. The minimum atomic E-state index is -0.448. The molecule has 31 heavy (non-hydrogen) atoms. The standard InChI is InChI=1S/C26H22O5/c1-4-29-19-11-9-18(10-12-19)15-23-24(27)21-13-14-22(17(3)25(21)30-23)31-26(28)20-8-6-5-7-16(20)2/h5-15H,4H2,1-3H3/b23-15-. The summed E-state index contributed by atoms with van der Waals surface area (Å²) in [7, 11) is 0. The predicted molar refractivity (Wildman–Crippen MR) is 118 cm³/mol. The van der Waals surface area contributed by atoms with Gasteiger partial charge in [-0.05, 0) is 68.3 Å². The SMILES string of the molecule is CCOc1ccc(/C=C2\Oc3c(ccc(OC(=O)c4ccccc4C)c3C)C2=O)cc1. The highest BCUT2D eigenvalue weighted by atomic mass is 16.5. The highest BCUT2D eigenvalue weighted by Gasteiger charge is 2.30. The van der Waals surface area contributed by atoms with Gasteiger partial charge in [0, 0.05) is 5.56 Å². The normalized spacial score (nSPS) is 13.6. The van der Waals surface area contributed by atoms with Gasteiger partial charge in [0.2, 0.25) is 5.78 Å². The molecular weight excluding hydrogens is 392 g/mol. The van der Waals surface area contributed by atoms with Crippen molar-refractivity contribution in [2.45, 2.75) is 20.8 Å². The number of rotatable bonds is 5. The first kappa shape index (κ1) is 20.4. The van der Waals surface area contributed by atoms with Gasteiger partial charge >= 0.3 is 5.97 Å². The molecule has 0 saturated heterocycles. The van der Waals surface area contributed by atoms with E-state index < -0.39 is 5.97 Å². The third kappa shape index (κ3) is 4.08. The predicted octanol–water partition coefficient (Wildman–Crippen LogP) is 5.54. The Labute approximate surface area is 180 Å². The highest BCUT2D eigenvalue weighted by Crippen LogP contribution is 2.39. The summed E-state index contributed by atoms with van der Waals surface area (Å²) in [6.45, 7) is 6.14. The molecule has 5 nitrogen and oxygen atoms in total. The molecule has 3 aromatic carbocycles. The minimum absolute atomic E-state index is 0.205. The fraction of sp³-hybridized carbons (Fsp3) is 0.154. The molecule has 0 saturated carbocycles. The van der Waals surface area contributed by atoms with Gasteiger partial charge in [-0.2, -0.15) is 0 Å². The third-order valence-corrected chi connectivity index (χ3v) is 5.09. The van der Waals surface area contributed by atoms with E-state index in [1.807, 2.05) is 50.2 Å². The maximum atomic E-state index is 12.8. The second kappa shape index (κ2) is 8.48. The molecular formula is C26H22O5. The van der Waals surface area contributed by atoms with Crippen molar-refractivity contribution >= 4 is 17.8 Å². The molecule has 0 aromatic heterocycles. The lowest BCUT2D eigenvalue weighted by Gasteiger charge is -2.11. The van der Waals surface area contributed by atoms with E-state index in [0.717, 1.165) is 16.9 Å². The van der Waals surface area contributed by atoms with Crippen LogP contribution in [0.15, 0.2) is 66.4 Å². The number of hydrogen-bond donors (Lipinski definition) is 0. The lowest BCUT2D eigenvalue weighted by molar-refractivity contribution is 0.0732. The van der Waals surface area contributed by atoms with Crippen molar-refractivity contribution in [1.82, 2.24) is 0 Å². The second-order valence-electron chi connectivity index (χ2n) is 7.21. The average molecular weight is 414 g/mol. The van der Waals surface area contributed by atoms with E-state index >= 15 is 0 Å². The molecule has 0 fully saturated rings. The number of fused-ring (bicyclic) bond motifs is 1. The number of aryl methyl sites for hydroxylation is 1. The van der Waals surface area contributed by atoms with Crippen molar-refractivity contribution in [1.29, 1.82) is 0 Å². The molecule has 0 atom stereocenters. The van der Waals surface area contributed by atoms with Crippen molar-refractivity contribution < 1.29 is 23.8 Å². The van der Waals surface area contributed by atoms with Gasteiger partial charge in [0.1, 0.15) is 17.2 Å².